The Morgan fingerprint density at radius 3 is 2.81 bits per heavy atom. The Kier molecular flexibility index (Phi) is 5.94. The summed E-state index contributed by atoms with van der Waals surface area (Å²) in [6, 6.07) is 12.3. The molecule has 0 radical (unpaired) electrons. The van der Waals surface area contributed by atoms with Crippen LogP contribution in [0.4, 0.5) is 5.82 Å². The maximum Gasteiger partial charge on any atom is 0.189 e. The number of hydrogen-bond acceptors (Lipinski definition) is 4. The molecule has 0 saturated carbocycles. The summed E-state index contributed by atoms with van der Waals surface area (Å²) in [6.45, 7) is 7.34. The fourth-order valence-electron chi connectivity index (χ4n) is 3.14. The number of guanidine groups is 1. The van der Waals surface area contributed by atoms with Crippen molar-refractivity contribution in [2.24, 2.45) is 10.7 Å². The number of nitrogens with zero attached hydrogens (tertiary/aromatic N) is 3. The van der Waals surface area contributed by atoms with Crippen LogP contribution in [0.5, 0.6) is 5.75 Å². The largest absolute Gasteiger partial charge is 0.493 e. The Hall–Kier alpha value is -2.76. The molecule has 2 heterocycles. The molecule has 138 valence electrons. The second-order valence-corrected chi connectivity index (χ2v) is 6.27. The number of anilines is 1. The zero-order valence-electron chi connectivity index (χ0n) is 15.5. The van der Waals surface area contributed by atoms with Gasteiger partial charge in [0.1, 0.15) is 11.6 Å². The number of pyridine rings is 1. The average molecular weight is 353 g/mol. The van der Waals surface area contributed by atoms with E-state index in [1.54, 1.807) is 0 Å². The molecule has 0 spiro atoms. The van der Waals surface area contributed by atoms with Gasteiger partial charge in [0.25, 0.3) is 0 Å². The molecule has 6 nitrogen and oxygen atoms in total. The van der Waals surface area contributed by atoms with Crippen molar-refractivity contribution >= 4 is 11.8 Å². The summed E-state index contributed by atoms with van der Waals surface area (Å²) < 4.78 is 5.68. The predicted octanol–water partition coefficient (Wildman–Crippen LogP) is 2.86. The molecule has 1 aliphatic heterocycles. The minimum absolute atomic E-state index is 0.131. The number of benzene rings is 1. The number of aliphatic imine (C=N–C) groups is 1. The zero-order chi connectivity index (χ0) is 18.4. The molecule has 26 heavy (non-hydrogen) atoms. The van der Waals surface area contributed by atoms with E-state index >= 15 is 0 Å². The molecule has 1 aromatic carbocycles. The van der Waals surface area contributed by atoms with E-state index in [-0.39, 0.29) is 6.04 Å². The van der Waals surface area contributed by atoms with Crippen molar-refractivity contribution in [2.75, 3.05) is 24.6 Å². The van der Waals surface area contributed by atoms with Gasteiger partial charge in [-0.25, -0.2) is 9.98 Å². The van der Waals surface area contributed by atoms with Crippen LogP contribution in [0.15, 0.2) is 47.6 Å². The van der Waals surface area contributed by atoms with E-state index in [1.165, 1.54) is 0 Å². The maximum absolute atomic E-state index is 6.10. The number of fused-ring (bicyclic) bond motifs is 1. The second-order valence-electron chi connectivity index (χ2n) is 6.27. The van der Waals surface area contributed by atoms with Crippen LogP contribution in [0, 0.1) is 0 Å². The van der Waals surface area contributed by atoms with Gasteiger partial charge in [0.2, 0.25) is 0 Å². The summed E-state index contributed by atoms with van der Waals surface area (Å²) in [5.74, 6) is 2.35. The topological polar surface area (TPSA) is 75.8 Å². The van der Waals surface area contributed by atoms with Crippen molar-refractivity contribution in [1.29, 1.82) is 0 Å². The number of nitrogens with one attached hydrogen (secondary N) is 1. The van der Waals surface area contributed by atoms with Crippen LogP contribution in [0.25, 0.3) is 0 Å². The Morgan fingerprint density at radius 1 is 1.27 bits per heavy atom. The van der Waals surface area contributed by atoms with E-state index < -0.39 is 0 Å². The van der Waals surface area contributed by atoms with Crippen molar-refractivity contribution < 1.29 is 4.74 Å². The molecule has 1 unspecified atom stereocenters. The first-order chi connectivity index (χ1) is 12.7. The lowest BCUT2D eigenvalue weighted by atomic mass is 10.0. The van der Waals surface area contributed by atoms with E-state index in [0.29, 0.717) is 19.1 Å². The highest BCUT2D eigenvalue weighted by molar-refractivity contribution is 5.78. The van der Waals surface area contributed by atoms with Crippen LogP contribution < -0.4 is 20.7 Å². The van der Waals surface area contributed by atoms with Gasteiger partial charge in [-0.1, -0.05) is 24.3 Å². The molecule has 2 aromatic rings. The van der Waals surface area contributed by atoms with Crippen molar-refractivity contribution in [1.82, 2.24) is 10.3 Å². The highest BCUT2D eigenvalue weighted by Crippen LogP contribution is 2.31. The number of hydrogen-bond donors (Lipinski definition) is 2. The van der Waals surface area contributed by atoms with Crippen molar-refractivity contribution in [3.63, 3.8) is 0 Å². The third-order valence-electron chi connectivity index (χ3n) is 4.61. The fraction of sp³-hybridized carbons (Fsp3) is 0.400. The van der Waals surface area contributed by atoms with Crippen LogP contribution in [-0.2, 0) is 6.54 Å². The summed E-state index contributed by atoms with van der Waals surface area (Å²) in [4.78, 5) is 11.2. The van der Waals surface area contributed by atoms with Gasteiger partial charge in [0.05, 0.1) is 19.2 Å². The molecule has 0 aliphatic carbocycles. The first-order valence-corrected chi connectivity index (χ1v) is 9.19. The van der Waals surface area contributed by atoms with E-state index in [9.17, 15) is 0 Å². The maximum atomic E-state index is 6.10. The van der Waals surface area contributed by atoms with Crippen molar-refractivity contribution in [3.05, 3.63) is 53.7 Å². The van der Waals surface area contributed by atoms with Gasteiger partial charge in [-0.2, -0.15) is 0 Å². The van der Waals surface area contributed by atoms with Gasteiger partial charge in [-0.05, 0) is 31.5 Å². The molecular formula is C20H27N5O. The van der Waals surface area contributed by atoms with Gasteiger partial charge >= 0.3 is 0 Å². The highest BCUT2D eigenvalue weighted by Gasteiger charge is 2.21. The molecular weight excluding hydrogens is 326 g/mol. The molecule has 1 atom stereocenters. The van der Waals surface area contributed by atoms with Crippen LogP contribution in [0.1, 0.15) is 37.4 Å². The molecule has 1 aromatic heterocycles. The third-order valence-corrected chi connectivity index (χ3v) is 4.61. The van der Waals surface area contributed by atoms with Gasteiger partial charge in [-0.3, -0.25) is 0 Å². The molecule has 6 heteroatoms. The molecule has 0 bridgehead atoms. The molecule has 3 N–H and O–H groups in total. The van der Waals surface area contributed by atoms with Crippen LogP contribution >= 0.6 is 0 Å². The van der Waals surface area contributed by atoms with E-state index in [4.69, 9.17) is 10.5 Å². The van der Waals surface area contributed by atoms with Crippen molar-refractivity contribution in [3.8, 4) is 5.75 Å². The Morgan fingerprint density at radius 2 is 2.08 bits per heavy atom. The lowest BCUT2D eigenvalue weighted by molar-refractivity contribution is 0.262. The standard InChI is InChI=1S/C20H27N5O/c1-3-25(4-2)19-10-9-15(13-22-19)14-23-20(21)24-17-11-12-26-18-8-6-5-7-16(17)18/h5-10,13,17H,3-4,11-12,14H2,1-2H3,(H3,21,23,24). The summed E-state index contributed by atoms with van der Waals surface area (Å²) in [5.41, 5.74) is 8.27. The zero-order valence-corrected chi connectivity index (χ0v) is 15.5. The summed E-state index contributed by atoms with van der Waals surface area (Å²) in [6.07, 6.45) is 2.74. The van der Waals surface area contributed by atoms with Crippen LogP contribution in [-0.4, -0.2) is 30.6 Å². The Balaban J connectivity index is 1.61. The lowest BCUT2D eigenvalue weighted by Gasteiger charge is -2.26. The van der Waals surface area contributed by atoms with E-state index in [2.05, 4.69) is 46.2 Å². The fourth-order valence-corrected chi connectivity index (χ4v) is 3.14. The van der Waals surface area contributed by atoms with Crippen LogP contribution in [0.2, 0.25) is 0 Å². The minimum Gasteiger partial charge on any atom is -0.493 e. The summed E-state index contributed by atoms with van der Waals surface area (Å²) in [7, 11) is 0. The normalized spacial score (nSPS) is 16.5. The number of para-hydroxylation sites is 1. The molecule has 1 aliphatic rings. The third kappa shape index (κ3) is 4.25. The molecule has 0 saturated heterocycles. The molecule has 0 amide bonds. The Labute approximate surface area is 155 Å². The first kappa shape index (κ1) is 18.0. The number of ether oxygens (including phenoxy) is 1. The number of rotatable bonds is 6. The van der Waals surface area contributed by atoms with Crippen molar-refractivity contribution in [2.45, 2.75) is 32.9 Å². The monoisotopic (exact) mass is 353 g/mol. The molecule has 0 fully saturated rings. The van der Waals surface area contributed by atoms with E-state index in [0.717, 1.165) is 42.2 Å². The minimum atomic E-state index is 0.131. The smallest absolute Gasteiger partial charge is 0.189 e. The second kappa shape index (κ2) is 8.56. The van der Waals surface area contributed by atoms with Gasteiger partial charge in [0, 0.05) is 31.3 Å². The van der Waals surface area contributed by atoms with Gasteiger partial charge in [0.15, 0.2) is 5.96 Å². The van der Waals surface area contributed by atoms with Crippen LogP contribution in [0.3, 0.4) is 0 Å². The van der Waals surface area contributed by atoms with Gasteiger partial charge in [-0.15, -0.1) is 0 Å². The Bertz CT molecular complexity index is 740. The number of aromatic nitrogens is 1. The quantitative estimate of drug-likeness (QED) is 0.617. The summed E-state index contributed by atoms with van der Waals surface area (Å²) in [5, 5.41) is 3.31. The summed E-state index contributed by atoms with van der Waals surface area (Å²) >= 11 is 0. The van der Waals surface area contributed by atoms with Gasteiger partial charge < -0.3 is 20.7 Å². The number of nitrogens with two attached hydrogens (primary N) is 1. The average Bonchev–Trinajstić information content (AvgIpc) is 2.68. The lowest BCUT2D eigenvalue weighted by Crippen LogP contribution is -2.37. The SMILES string of the molecule is CCN(CC)c1ccc(CN=C(N)NC2CCOc3ccccc32)cn1. The first-order valence-electron chi connectivity index (χ1n) is 9.19. The van der Waals surface area contributed by atoms with E-state index in [1.807, 2.05) is 30.5 Å². The molecule has 3 rings (SSSR count). The predicted molar refractivity (Wildman–Crippen MR) is 106 cm³/mol. The highest BCUT2D eigenvalue weighted by atomic mass is 16.5.